The number of nitrogens with one attached hydrogen (secondary N) is 1. The molecule has 1 unspecified atom stereocenters. The molecule has 3 N–H and O–H groups in total. The molecule has 0 amide bonds. The number of piperazine rings is 1. The Morgan fingerprint density at radius 2 is 2.03 bits per heavy atom. The Morgan fingerprint density at radius 3 is 2.62 bits per heavy atom. The molecule has 3 rings (SSSR count). The predicted octanol–water partition coefficient (Wildman–Crippen LogP) is 2.23. The summed E-state index contributed by atoms with van der Waals surface area (Å²) in [4.78, 5) is 30.6. The van der Waals surface area contributed by atoms with Crippen molar-refractivity contribution in [2.24, 2.45) is 0 Å². The molecule has 1 aromatic carbocycles. The third-order valence-corrected chi connectivity index (χ3v) is 5.76. The molecule has 1 fully saturated rings. The van der Waals surface area contributed by atoms with Gasteiger partial charge in [0, 0.05) is 31.2 Å². The summed E-state index contributed by atoms with van der Waals surface area (Å²) in [6, 6.07) is 6.37. The van der Waals surface area contributed by atoms with E-state index >= 15 is 0 Å². The monoisotopic (exact) mass is 419 g/mol. The second-order valence-corrected chi connectivity index (χ2v) is 8.64. The van der Waals surface area contributed by atoms with Crippen LogP contribution >= 0.6 is 11.3 Å². The first-order valence-corrected chi connectivity index (χ1v) is 10.1. The number of aromatic nitrogens is 1. The van der Waals surface area contributed by atoms with Crippen molar-refractivity contribution >= 4 is 28.4 Å². The third kappa shape index (κ3) is 5.11. The van der Waals surface area contributed by atoms with Gasteiger partial charge in [0.25, 0.3) is 0 Å². The number of benzene rings is 1. The van der Waals surface area contributed by atoms with Gasteiger partial charge in [-0.3, -0.25) is 0 Å². The number of carbonyl (C=O) groups is 2. The number of nitrogens with zero attached hydrogens (tertiary/aromatic N) is 2. The molecule has 1 aromatic heterocycles. The van der Waals surface area contributed by atoms with Crippen LogP contribution in [-0.2, 0) is 4.74 Å². The van der Waals surface area contributed by atoms with Crippen molar-refractivity contribution in [2.75, 3.05) is 31.6 Å². The van der Waals surface area contributed by atoms with Crippen LogP contribution in [0.15, 0.2) is 24.3 Å². The summed E-state index contributed by atoms with van der Waals surface area (Å²) in [5.74, 6) is -1.49. The van der Waals surface area contributed by atoms with E-state index in [0.29, 0.717) is 34.2 Å². The van der Waals surface area contributed by atoms with E-state index in [0.717, 1.165) is 13.1 Å². The number of thiazole rings is 1. The van der Waals surface area contributed by atoms with Crippen molar-refractivity contribution in [1.29, 1.82) is 0 Å². The van der Waals surface area contributed by atoms with Crippen molar-refractivity contribution in [1.82, 2.24) is 10.3 Å². The van der Waals surface area contributed by atoms with Crippen LogP contribution in [0.1, 0.15) is 40.3 Å². The van der Waals surface area contributed by atoms with Gasteiger partial charge in [0.2, 0.25) is 0 Å². The average Bonchev–Trinajstić information content (AvgIpc) is 3.12. The van der Waals surface area contributed by atoms with E-state index in [9.17, 15) is 14.7 Å². The summed E-state index contributed by atoms with van der Waals surface area (Å²) < 4.78 is 4.92. The van der Waals surface area contributed by atoms with E-state index in [1.54, 1.807) is 26.0 Å². The van der Waals surface area contributed by atoms with Crippen molar-refractivity contribution in [3.8, 4) is 11.3 Å². The van der Waals surface area contributed by atoms with Crippen LogP contribution in [0.5, 0.6) is 0 Å². The van der Waals surface area contributed by atoms with E-state index < -0.39 is 17.5 Å². The van der Waals surface area contributed by atoms with Crippen LogP contribution in [-0.4, -0.2) is 65.5 Å². The average molecular weight is 420 g/mol. The van der Waals surface area contributed by atoms with Gasteiger partial charge in [-0.15, -0.1) is 0 Å². The Balaban J connectivity index is 1.90. The number of aliphatic hydroxyl groups is 1. The zero-order chi connectivity index (χ0) is 21.2. The normalized spacial score (nSPS) is 17.2. The van der Waals surface area contributed by atoms with Gasteiger partial charge in [-0.1, -0.05) is 23.5 Å². The Hall–Kier alpha value is -2.49. The first kappa shape index (κ1) is 21.2. The van der Waals surface area contributed by atoms with E-state index in [-0.39, 0.29) is 11.6 Å². The van der Waals surface area contributed by atoms with Gasteiger partial charge in [0.15, 0.2) is 5.13 Å². The maximum atomic E-state index is 12.3. The van der Waals surface area contributed by atoms with Crippen molar-refractivity contribution in [2.45, 2.75) is 31.9 Å². The van der Waals surface area contributed by atoms with Gasteiger partial charge >= 0.3 is 11.9 Å². The van der Waals surface area contributed by atoms with Crippen LogP contribution in [0.4, 0.5) is 5.13 Å². The van der Waals surface area contributed by atoms with Gasteiger partial charge in [0.05, 0.1) is 24.0 Å². The number of carboxylic acids is 1. The molecule has 0 aliphatic carbocycles. The molecule has 156 valence electrons. The van der Waals surface area contributed by atoms with Crippen molar-refractivity contribution in [3.05, 3.63) is 34.7 Å². The van der Waals surface area contributed by atoms with Crippen molar-refractivity contribution < 1.29 is 24.5 Å². The standard InChI is InChI=1S/C20H25N3O5S/c1-20(2,27)10-14-11-23(9-8-21-14)19-22-15(16(29-19)18(26)28-3)12-4-6-13(7-5-12)17(24)25/h4-7,14,21,27H,8-11H2,1-3H3,(H,24,25). The Morgan fingerprint density at radius 1 is 1.34 bits per heavy atom. The SMILES string of the molecule is COC(=O)c1sc(N2CCNC(CC(C)(C)O)C2)nc1-c1ccc(C(=O)O)cc1. The topological polar surface area (TPSA) is 112 Å². The number of carbonyl (C=O) groups excluding carboxylic acids is 1. The van der Waals surface area contributed by atoms with E-state index in [2.05, 4.69) is 15.2 Å². The van der Waals surface area contributed by atoms with E-state index in [1.807, 2.05) is 0 Å². The minimum atomic E-state index is -1.01. The largest absolute Gasteiger partial charge is 0.478 e. The van der Waals surface area contributed by atoms with Gasteiger partial charge in [-0.25, -0.2) is 14.6 Å². The lowest BCUT2D eigenvalue weighted by atomic mass is 9.98. The highest BCUT2D eigenvalue weighted by Crippen LogP contribution is 2.34. The highest BCUT2D eigenvalue weighted by molar-refractivity contribution is 7.17. The molecule has 8 nitrogen and oxygen atoms in total. The van der Waals surface area contributed by atoms with Gasteiger partial charge in [-0.2, -0.15) is 0 Å². The molecule has 1 aliphatic rings. The molecule has 29 heavy (non-hydrogen) atoms. The Kier molecular flexibility index (Phi) is 6.21. The number of aromatic carboxylic acids is 1. The van der Waals surface area contributed by atoms with Crippen LogP contribution < -0.4 is 10.2 Å². The van der Waals surface area contributed by atoms with E-state index in [4.69, 9.17) is 9.84 Å². The summed E-state index contributed by atoms with van der Waals surface area (Å²) in [5, 5.41) is 23.3. The fourth-order valence-corrected chi connectivity index (χ4v) is 4.42. The van der Waals surface area contributed by atoms with Crippen LogP contribution in [0.3, 0.4) is 0 Å². The smallest absolute Gasteiger partial charge is 0.350 e. The van der Waals surface area contributed by atoms with Gasteiger partial charge in [0.1, 0.15) is 4.88 Å². The summed E-state index contributed by atoms with van der Waals surface area (Å²) in [5.41, 5.74) is 0.519. The minimum Gasteiger partial charge on any atom is -0.478 e. The summed E-state index contributed by atoms with van der Waals surface area (Å²) in [7, 11) is 1.32. The number of ether oxygens (including phenoxy) is 1. The maximum Gasteiger partial charge on any atom is 0.350 e. The summed E-state index contributed by atoms with van der Waals surface area (Å²) >= 11 is 1.26. The third-order valence-electron chi connectivity index (χ3n) is 4.66. The molecular formula is C20H25N3O5S. The molecule has 9 heteroatoms. The highest BCUT2D eigenvalue weighted by Gasteiger charge is 2.29. The fraction of sp³-hybridized carbons (Fsp3) is 0.450. The molecule has 0 saturated carbocycles. The quantitative estimate of drug-likeness (QED) is 0.611. The maximum absolute atomic E-state index is 12.3. The second-order valence-electron chi connectivity index (χ2n) is 7.66. The first-order valence-electron chi connectivity index (χ1n) is 9.31. The lowest BCUT2D eigenvalue weighted by molar-refractivity contribution is 0.0583. The zero-order valence-corrected chi connectivity index (χ0v) is 17.5. The molecule has 0 bridgehead atoms. The number of anilines is 1. The zero-order valence-electron chi connectivity index (χ0n) is 16.6. The summed E-state index contributed by atoms with van der Waals surface area (Å²) in [6.07, 6.45) is 0.599. The molecule has 1 aliphatic heterocycles. The van der Waals surface area contributed by atoms with Crippen LogP contribution in [0, 0.1) is 0 Å². The number of hydrogen-bond acceptors (Lipinski definition) is 8. The predicted molar refractivity (Wildman–Crippen MR) is 111 cm³/mol. The second kappa shape index (κ2) is 8.48. The molecule has 2 heterocycles. The van der Waals surface area contributed by atoms with Gasteiger partial charge in [-0.05, 0) is 32.4 Å². The number of carboxylic acid groups (broad SMARTS) is 1. The number of hydrogen-bond donors (Lipinski definition) is 3. The van der Waals surface area contributed by atoms with Crippen LogP contribution in [0.25, 0.3) is 11.3 Å². The lowest BCUT2D eigenvalue weighted by Crippen LogP contribution is -2.52. The molecule has 1 saturated heterocycles. The molecule has 0 spiro atoms. The van der Waals surface area contributed by atoms with Gasteiger partial charge < -0.3 is 25.2 Å². The number of methoxy groups -OCH3 is 1. The Labute approximate surface area is 173 Å². The Bertz CT molecular complexity index is 889. The molecule has 0 radical (unpaired) electrons. The minimum absolute atomic E-state index is 0.104. The number of rotatable bonds is 6. The van der Waals surface area contributed by atoms with Crippen LogP contribution in [0.2, 0.25) is 0 Å². The molecule has 2 aromatic rings. The van der Waals surface area contributed by atoms with E-state index in [1.165, 1.54) is 30.6 Å². The first-order chi connectivity index (χ1) is 13.7. The summed E-state index contributed by atoms with van der Waals surface area (Å²) in [6.45, 7) is 5.70. The molecule has 1 atom stereocenters. The van der Waals surface area contributed by atoms with Crippen molar-refractivity contribution in [3.63, 3.8) is 0 Å². The number of esters is 1. The highest BCUT2D eigenvalue weighted by atomic mass is 32.1. The lowest BCUT2D eigenvalue weighted by Gasteiger charge is -2.36. The molecular weight excluding hydrogens is 394 g/mol. The fourth-order valence-electron chi connectivity index (χ4n) is 3.38.